The average molecular weight is 269 g/mol. The number of pyridine rings is 1. The zero-order valence-electron chi connectivity index (χ0n) is 11.8. The molecule has 104 valence electrons. The van der Waals surface area contributed by atoms with Gasteiger partial charge < -0.3 is 9.47 Å². The Morgan fingerprint density at radius 3 is 2.20 bits per heavy atom. The zero-order valence-corrected chi connectivity index (χ0v) is 11.8. The van der Waals surface area contributed by atoms with Crippen molar-refractivity contribution in [1.29, 1.82) is 0 Å². The molecule has 2 aromatic rings. The van der Waals surface area contributed by atoms with E-state index in [0.29, 0.717) is 6.61 Å². The molecule has 0 amide bonds. The summed E-state index contributed by atoms with van der Waals surface area (Å²) in [7, 11) is 1.68. The van der Waals surface area contributed by atoms with Crippen LogP contribution < -0.4 is 4.74 Å². The van der Waals surface area contributed by atoms with Crippen molar-refractivity contribution in [3.63, 3.8) is 0 Å². The summed E-state index contributed by atoms with van der Waals surface area (Å²) in [6.07, 6.45) is 7.80. The van der Waals surface area contributed by atoms with Crippen LogP contribution in [0.15, 0.2) is 48.8 Å². The molecule has 3 nitrogen and oxygen atoms in total. The largest absolute Gasteiger partial charge is 0.491 e. The minimum atomic E-state index is 0.0984. The maximum absolute atomic E-state index is 5.62. The van der Waals surface area contributed by atoms with Crippen LogP contribution in [0.2, 0.25) is 0 Å². The van der Waals surface area contributed by atoms with E-state index in [9.17, 15) is 0 Å². The van der Waals surface area contributed by atoms with Crippen molar-refractivity contribution in [2.75, 3.05) is 13.7 Å². The molecule has 1 heterocycles. The van der Waals surface area contributed by atoms with Crippen LogP contribution in [-0.2, 0) is 4.74 Å². The summed E-state index contributed by atoms with van der Waals surface area (Å²) in [5.74, 6) is 0.856. The van der Waals surface area contributed by atoms with Crippen molar-refractivity contribution in [3.05, 3.63) is 59.9 Å². The first-order valence-corrected chi connectivity index (χ1v) is 6.61. The first-order chi connectivity index (χ1) is 9.78. The normalized spacial score (nSPS) is 12.5. The standard InChI is InChI=1S/C17H19NO2/c1-14(19-2)13-20-17-7-5-15(6-8-17)3-4-16-9-11-18-12-10-16/h3-12,14H,13H2,1-2H3/b4-3+/t14-/m0/s1. The molecule has 0 unspecified atom stereocenters. The maximum Gasteiger partial charge on any atom is 0.119 e. The highest BCUT2D eigenvalue weighted by molar-refractivity contribution is 5.69. The molecule has 0 fully saturated rings. The molecule has 0 spiro atoms. The molecule has 0 aliphatic heterocycles. The lowest BCUT2D eigenvalue weighted by molar-refractivity contribution is 0.0717. The fraction of sp³-hybridized carbons (Fsp3) is 0.235. The summed E-state index contributed by atoms with van der Waals surface area (Å²) in [5.41, 5.74) is 2.27. The molecule has 20 heavy (non-hydrogen) atoms. The van der Waals surface area contributed by atoms with Crippen LogP contribution in [0.4, 0.5) is 0 Å². The smallest absolute Gasteiger partial charge is 0.119 e. The molecule has 1 aromatic heterocycles. The molecule has 0 N–H and O–H groups in total. The van der Waals surface area contributed by atoms with Gasteiger partial charge in [-0.05, 0) is 42.3 Å². The van der Waals surface area contributed by atoms with E-state index < -0.39 is 0 Å². The highest BCUT2D eigenvalue weighted by Gasteiger charge is 2.00. The number of rotatable bonds is 6. The lowest BCUT2D eigenvalue weighted by Crippen LogP contribution is -2.15. The third-order valence-corrected chi connectivity index (χ3v) is 2.94. The Morgan fingerprint density at radius 1 is 1.00 bits per heavy atom. The fourth-order valence-corrected chi connectivity index (χ4v) is 1.62. The minimum Gasteiger partial charge on any atom is -0.491 e. The summed E-state index contributed by atoms with van der Waals surface area (Å²) < 4.78 is 10.8. The summed E-state index contributed by atoms with van der Waals surface area (Å²) >= 11 is 0. The Kier molecular flexibility index (Phi) is 5.33. The summed E-state index contributed by atoms with van der Waals surface area (Å²) in [6.45, 7) is 2.54. The average Bonchev–Trinajstić information content (AvgIpc) is 2.52. The molecule has 0 bridgehead atoms. The number of hydrogen-bond acceptors (Lipinski definition) is 3. The molecule has 1 atom stereocenters. The molecule has 0 saturated carbocycles. The predicted molar refractivity (Wildman–Crippen MR) is 81.6 cm³/mol. The van der Waals surface area contributed by atoms with E-state index in [1.165, 1.54) is 0 Å². The summed E-state index contributed by atoms with van der Waals surface area (Å²) in [6, 6.07) is 11.9. The van der Waals surface area contributed by atoms with E-state index >= 15 is 0 Å². The maximum atomic E-state index is 5.62. The highest BCUT2D eigenvalue weighted by atomic mass is 16.5. The Labute approximate surface area is 119 Å². The number of ether oxygens (including phenoxy) is 2. The third-order valence-electron chi connectivity index (χ3n) is 2.94. The summed E-state index contributed by atoms with van der Waals surface area (Å²) in [5, 5.41) is 0. The molecule has 0 radical (unpaired) electrons. The second-order valence-corrected chi connectivity index (χ2v) is 4.54. The van der Waals surface area contributed by atoms with Crippen LogP contribution in [0.3, 0.4) is 0 Å². The fourth-order valence-electron chi connectivity index (χ4n) is 1.62. The van der Waals surface area contributed by atoms with Crippen molar-refractivity contribution in [2.24, 2.45) is 0 Å². The number of aromatic nitrogens is 1. The van der Waals surface area contributed by atoms with Crippen LogP contribution in [0.5, 0.6) is 5.75 Å². The van der Waals surface area contributed by atoms with E-state index in [2.05, 4.69) is 17.1 Å². The van der Waals surface area contributed by atoms with Crippen molar-refractivity contribution in [3.8, 4) is 5.75 Å². The van der Waals surface area contributed by atoms with Crippen molar-refractivity contribution >= 4 is 12.2 Å². The van der Waals surface area contributed by atoms with E-state index in [-0.39, 0.29) is 6.10 Å². The Hall–Kier alpha value is -2.13. The van der Waals surface area contributed by atoms with Gasteiger partial charge in [0.25, 0.3) is 0 Å². The molecule has 0 saturated heterocycles. The van der Waals surface area contributed by atoms with Gasteiger partial charge >= 0.3 is 0 Å². The van der Waals surface area contributed by atoms with Crippen LogP contribution in [0, 0.1) is 0 Å². The van der Waals surface area contributed by atoms with Gasteiger partial charge in [0.05, 0.1) is 6.10 Å². The quantitative estimate of drug-likeness (QED) is 0.802. The van der Waals surface area contributed by atoms with E-state index in [4.69, 9.17) is 9.47 Å². The van der Waals surface area contributed by atoms with Gasteiger partial charge in [-0.1, -0.05) is 24.3 Å². The molecular formula is C17H19NO2. The molecular weight excluding hydrogens is 250 g/mol. The number of methoxy groups -OCH3 is 1. The Balaban J connectivity index is 1.93. The molecule has 0 aliphatic carbocycles. The number of nitrogens with zero attached hydrogens (tertiary/aromatic N) is 1. The third kappa shape index (κ3) is 4.52. The highest BCUT2D eigenvalue weighted by Crippen LogP contribution is 2.14. The SMILES string of the molecule is CO[C@@H](C)COc1ccc(/C=C/c2ccncc2)cc1. The minimum absolute atomic E-state index is 0.0984. The van der Waals surface area contributed by atoms with E-state index in [1.54, 1.807) is 19.5 Å². The molecule has 3 heteroatoms. The lowest BCUT2D eigenvalue weighted by Gasteiger charge is -2.11. The van der Waals surface area contributed by atoms with Crippen LogP contribution in [0.1, 0.15) is 18.1 Å². The number of hydrogen-bond donors (Lipinski definition) is 0. The topological polar surface area (TPSA) is 31.4 Å². The molecule has 1 aromatic carbocycles. The van der Waals surface area contributed by atoms with E-state index in [1.807, 2.05) is 43.3 Å². The van der Waals surface area contributed by atoms with Crippen molar-refractivity contribution < 1.29 is 9.47 Å². The summed E-state index contributed by atoms with van der Waals surface area (Å²) in [4.78, 5) is 3.99. The molecule has 0 aliphatic rings. The van der Waals surface area contributed by atoms with Crippen LogP contribution in [-0.4, -0.2) is 24.8 Å². The van der Waals surface area contributed by atoms with Gasteiger partial charge in [0.15, 0.2) is 0 Å². The van der Waals surface area contributed by atoms with Gasteiger partial charge in [0, 0.05) is 19.5 Å². The second-order valence-electron chi connectivity index (χ2n) is 4.54. The van der Waals surface area contributed by atoms with Gasteiger partial charge in [0.1, 0.15) is 12.4 Å². The van der Waals surface area contributed by atoms with E-state index in [0.717, 1.165) is 16.9 Å². The number of benzene rings is 1. The lowest BCUT2D eigenvalue weighted by atomic mass is 10.1. The van der Waals surface area contributed by atoms with Gasteiger partial charge in [-0.3, -0.25) is 4.98 Å². The first kappa shape index (κ1) is 14.3. The van der Waals surface area contributed by atoms with Crippen molar-refractivity contribution in [2.45, 2.75) is 13.0 Å². The zero-order chi connectivity index (χ0) is 14.2. The van der Waals surface area contributed by atoms with Crippen LogP contribution in [0.25, 0.3) is 12.2 Å². The van der Waals surface area contributed by atoms with Gasteiger partial charge in [0.2, 0.25) is 0 Å². The molecule has 2 rings (SSSR count). The first-order valence-electron chi connectivity index (χ1n) is 6.61. The van der Waals surface area contributed by atoms with Gasteiger partial charge in [-0.15, -0.1) is 0 Å². The predicted octanol–water partition coefficient (Wildman–Crippen LogP) is 3.67. The van der Waals surface area contributed by atoms with Crippen molar-refractivity contribution in [1.82, 2.24) is 4.98 Å². The second kappa shape index (κ2) is 7.46. The Bertz CT molecular complexity index is 535. The Morgan fingerprint density at radius 2 is 1.60 bits per heavy atom. The van der Waals surface area contributed by atoms with Crippen LogP contribution >= 0.6 is 0 Å². The van der Waals surface area contributed by atoms with Gasteiger partial charge in [-0.25, -0.2) is 0 Å². The van der Waals surface area contributed by atoms with Gasteiger partial charge in [-0.2, -0.15) is 0 Å². The monoisotopic (exact) mass is 269 g/mol.